The zero-order valence-corrected chi connectivity index (χ0v) is 10.3. The normalized spacial score (nSPS) is 11.4. The van der Waals surface area contributed by atoms with E-state index in [4.69, 9.17) is 5.11 Å². The molecule has 18 heavy (non-hydrogen) atoms. The van der Waals surface area contributed by atoms with Crippen molar-refractivity contribution in [3.05, 3.63) is 41.0 Å². The molecule has 0 fully saturated rings. The second kappa shape index (κ2) is 6.30. The quantitative estimate of drug-likeness (QED) is 0.856. The van der Waals surface area contributed by atoms with E-state index in [1.165, 1.54) is 6.92 Å². The van der Waals surface area contributed by atoms with Crippen molar-refractivity contribution in [2.75, 3.05) is 5.75 Å². The molecule has 1 N–H and O–H groups in total. The van der Waals surface area contributed by atoms with Gasteiger partial charge in [0.25, 0.3) is 0 Å². The van der Waals surface area contributed by atoms with Crippen molar-refractivity contribution in [2.45, 2.75) is 6.92 Å². The number of benzene rings is 1. The van der Waals surface area contributed by atoms with Crippen LogP contribution in [0.15, 0.2) is 23.8 Å². The SMILES string of the molecule is CC(=O)SC/C(=C\c1cc(F)cc(F)c1)C(=O)O. The Morgan fingerprint density at radius 1 is 1.28 bits per heavy atom. The van der Waals surface area contributed by atoms with Crippen molar-refractivity contribution < 1.29 is 23.5 Å². The highest BCUT2D eigenvalue weighted by atomic mass is 32.2. The number of halogens is 2. The summed E-state index contributed by atoms with van der Waals surface area (Å²) in [7, 11) is 0. The van der Waals surface area contributed by atoms with Crippen molar-refractivity contribution in [2.24, 2.45) is 0 Å². The summed E-state index contributed by atoms with van der Waals surface area (Å²) in [6, 6.07) is 2.73. The van der Waals surface area contributed by atoms with Crippen molar-refractivity contribution in [3.8, 4) is 0 Å². The van der Waals surface area contributed by atoms with Crippen molar-refractivity contribution >= 4 is 28.9 Å². The van der Waals surface area contributed by atoms with Crippen molar-refractivity contribution in [1.29, 1.82) is 0 Å². The van der Waals surface area contributed by atoms with Gasteiger partial charge in [0, 0.05) is 24.3 Å². The first-order valence-electron chi connectivity index (χ1n) is 4.92. The molecule has 96 valence electrons. The number of carbonyl (C=O) groups is 2. The summed E-state index contributed by atoms with van der Waals surface area (Å²) in [5.41, 5.74) is 0.00857. The molecule has 6 heteroatoms. The number of rotatable bonds is 4. The molecule has 1 aromatic rings. The lowest BCUT2D eigenvalue weighted by molar-refractivity contribution is -0.132. The van der Waals surface area contributed by atoms with Gasteiger partial charge in [0.2, 0.25) is 0 Å². The van der Waals surface area contributed by atoms with Crippen LogP contribution in [0.25, 0.3) is 6.08 Å². The van der Waals surface area contributed by atoms with E-state index in [1.807, 2.05) is 0 Å². The molecule has 0 aliphatic rings. The van der Waals surface area contributed by atoms with Crippen LogP contribution in [0.4, 0.5) is 8.78 Å². The van der Waals surface area contributed by atoms with Gasteiger partial charge in [-0.3, -0.25) is 4.79 Å². The van der Waals surface area contributed by atoms with Gasteiger partial charge in [-0.1, -0.05) is 11.8 Å². The molecule has 0 bridgehead atoms. The summed E-state index contributed by atoms with van der Waals surface area (Å²) in [5, 5.41) is 8.68. The fourth-order valence-electron chi connectivity index (χ4n) is 1.20. The standard InChI is InChI=1S/C12H10F2O3S/c1-7(15)18-6-9(12(16)17)2-8-3-10(13)5-11(14)4-8/h2-5H,6H2,1H3,(H,16,17)/b9-2+. The largest absolute Gasteiger partial charge is 0.478 e. The number of aliphatic carboxylic acids is 1. The molecule has 0 aliphatic carbocycles. The van der Waals surface area contributed by atoms with E-state index in [1.54, 1.807) is 0 Å². The molecule has 1 aromatic carbocycles. The predicted molar refractivity (Wildman–Crippen MR) is 65.1 cm³/mol. The number of thioether (sulfide) groups is 1. The number of hydrogen-bond acceptors (Lipinski definition) is 3. The Balaban J connectivity index is 3.00. The third kappa shape index (κ3) is 4.67. The van der Waals surface area contributed by atoms with Crippen LogP contribution in [-0.4, -0.2) is 21.9 Å². The van der Waals surface area contributed by atoms with Crippen molar-refractivity contribution in [3.63, 3.8) is 0 Å². The smallest absolute Gasteiger partial charge is 0.332 e. The third-order valence-electron chi connectivity index (χ3n) is 1.93. The third-order valence-corrected chi connectivity index (χ3v) is 2.79. The van der Waals surface area contributed by atoms with E-state index in [9.17, 15) is 18.4 Å². The molecule has 0 heterocycles. The molecule has 0 unspecified atom stereocenters. The Bertz CT molecular complexity index is 492. The summed E-state index contributed by atoms with van der Waals surface area (Å²) in [5.74, 6) is -2.85. The van der Waals surface area contributed by atoms with Gasteiger partial charge in [-0.15, -0.1) is 0 Å². The van der Waals surface area contributed by atoms with Gasteiger partial charge in [-0.05, 0) is 23.8 Å². The molecule has 1 rings (SSSR count). The van der Waals surface area contributed by atoms with E-state index < -0.39 is 17.6 Å². The lowest BCUT2D eigenvalue weighted by Crippen LogP contribution is -2.04. The molecule has 0 saturated heterocycles. The van der Waals surface area contributed by atoms with Crippen LogP contribution >= 0.6 is 11.8 Å². The molecule has 3 nitrogen and oxygen atoms in total. The highest BCUT2D eigenvalue weighted by Crippen LogP contribution is 2.15. The second-order valence-corrected chi connectivity index (χ2v) is 4.61. The van der Waals surface area contributed by atoms with Gasteiger partial charge in [0.15, 0.2) is 5.12 Å². The van der Waals surface area contributed by atoms with Crippen LogP contribution in [0, 0.1) is 11.6 Å². The summed E-state index contributed by atoms with van der Waals surface area (Å²) >= 11 is 0.820. The average molecular weight is 272 g/mol. The zero-order valence-electron chi connectivity index (χ0n) is 9.44. The topological polar surface area (TPSA) is 54.4 Å². The van der Waals surface area contributed by atoms with Crippen LogP contribution < -0.4 is 0 Å². The van der Waals surface area contributed by atoms with Crippen LogP contribution in [0.2, 0.25) is 0 Å². The minimum atomic E-state index is -1.23. The van der Waals surface area contributed by atoms with Gasteiger partial charge < -0.3 is 5.11 Å². The minimum Gasteiger partial charge on any atom is -0.478 e. The lowest BCUT2D eigenvalue weighted by Gasteiger charge is -2.01. The average Bonchev–Trinajstić information content (AvgIpc) is 2.22. The summed E-state index contributed by atoms with van der Waals surface area (Å²) < 4.78 is 25.8. The lowest BCUT2D eigenvalue weighted by atomic mass is 10.1. The van der Waals surface area contributed by atoms with Crippen molar-refractivity contribution in [1.82, 2.24) is 0 Å². The molecule has 0 spiro atoms. The highest BCUT2D eigenvalue weighted by molar-refractivity contribution is 8.13. The molecule has 0 saturated carbocycles. The molecule has 0 atom stereocenters. The highest BCUT2D eigenvalue weighted by Gasteiger charge is 2.10. The van der Waals surface area contributed by atoms with Crippen LogP contribution in [-0.2, 0) is 9.59 Å². The van der Waals surface area contributed by atoms with Crippen LogP contribution in [0.1, 0.15) is 12.5 Å². The van der Waals surface area contributed by atoms with E-state index in [2.05, 4.69) is 0 Å². The monoisotopic (exact) mass is 272 g/mol. The predicted octanol–water partition coefficient (Wildman–Crippen LogP) is 2.71. The molecule has 0 amide bonds. The molecule has 0 radical (unpaired) electrons. The van der Waals surface area contributed by atoms with E-state index >= 15 is 0 Å². The fourth-order valence-corrected chi connectivity index (χ4v) is 1.77. The Hall–Kier alpha value is -1.69. The van der Waals surface area contributed by atoms with Crippen LogP contribution in [0.3, 0.4) is 0 Å². The number of carboxylic acid groups (broad SMARTS) is 1. The molecule has 0 aliphatic heterocycles. The molecular formula is C12H10F2O3S. The zero-order chi connectivity index (χ0) is 13.7. The van der Waals surface area contributed by atoms with E-state index in [-0.39, 0.29) is 22.0 Å². The first-order valence-corrected chi connectivity index (χ1v) is 5.90. The van der Waals surface area contributed by atoms with Gasteiger partial charge in [-0.25, -0.2) is 13.6 Å². The Morgan fingerprint density at radius 3 is 2.28 bits per heavy atom. The summed E-state index contributed by atoms with van der Waals surface area (Å²) in [4.78, 5) is 21.7. The first kappa shape index (κ1) is 14.4. The summed E-state index contributed by atoms with van der Waals surface area (Å²) in [6.07, 6.45) is 1.14. The first-order chi connectivity index (χ1) is 8.38. The van der Waals surface area contributed by atoms with Gasteiger partial charge in [-0.2, -0.15) is 0 Å². The Kier molecular flexibility index (Phi) is 5.03. The molecule has 0 aromatic heterocycles. The Morgan fingerprint density at radius 2 is 1.83 bits per heavy atom. The number of hydrogen-bond donors (Lipinski definition) is 1. The maximum Gasteiger partial charge on any atom is 0.332 e. The van der Waals surface area contributed by atoms with Gasteiger partial charge in [0.1, 0.15) is 11.6 Å². The van der Waals surface area contributed by atoms with Gasteiger partial charge >= 0.3 is 5.97 Å². The van der Waals surface area contributed by atoms with E-state index in [0.717, 1.165) is 30.0 Å². The van der Waals surface area contributed by atoms with Crippen LogP contribution in [0.5, 0.6) is 0 Å². The minimum absolute atomic E-state index is 0.0528. The second-order valence-electron chi connectivity index (χ2n) is 3.46. The molecular weight excluding hydrogens is 262 g/mol. The van der Waals surface area contributed by atoms with E-state index in [0.29, 0.717) is 6.07 Å². The van der Waals surface area contributed by atoms with Gasteiger partial charge in [0.05, 0.1) is 0 Å². The summed E-state index contributed by atoms with van der Waals surface area (Å²) in [6.45, 7) is 1.31. The number of carbonyl (C=O) groups excluding carboxylic acids is 1. The maximum atomic E-state index is 12.9. The fraction of sp³-hybridized carbons (Fsp3) is 0.167. The Labute approximate surface area is 107 Å². The number of carboxylic acids is 1. The maximum absolute atomic E-state index is 12.9.